The molecule has 9 heteroatoms. The number of aryl methyl sites for hydroxylation is 1. The summed E-state index contributed by atoms with van der Waals surface area (Å²) in [6.07, 6.45) is 1.91. The summed E-state index contributed by atoms with van der Waals surface area (Å²) in [5.74, 6) is 0.623. The van der Waals surface area contributed by atoms with E-state index in [1.54, 1.807) is 0 Å². The Morgan fingerprint density at radius 1 is 1.17 bits per heavy atom. The molecule has 0 radical (unpaired) electrons. The van der Waals surface area contributed by atoms with Gasteiger partial charge in [-0.05, 0) is 62.3 Å². The predicted octanol–water partition coefficient (Wildman–Crippen LogP) is 4.06. The molecule has 3 N–H and O–H groups in total. The van der Waals surface area contributed by atoms with E-state index in [-0.39, 0.29) is 11.9 Å². The van der Waals surface area contributed by atoms with Gasteiger partial charge in [0.2, 0.25) is 5.95 Å². The number of carbonyl (C=O) groups excluding carboxylic acids is 1. The molecule has 1 aliphatic rings. The summed E-state index contributed by atoms with van der Waals surface area (Å²) in [5.41, 5.74) is 3.23. The summed E-state index contributed by atoms with van der Waals surface area (Å²) in [5, 5.41) is 11.2. The lowest BCUT2D eigenvalue weighted by Gasteiger charge is -2.23. The zero-order chi connectivity index (χ0) is 20.7. The molecule has 2 aromatic heterocycles. The zero-order valence-corrected chi connectivity index (χ0v) is 18.0. The number of nitrogens with zero attached hydrogens (tertiary/aromatic N) is 3. The lowest BCUT2D eigenvalue weighted by atomic mass is 10.1. The topological polar surface area (TPSA) is 83.9 Å². The average Bonchev–Trinajstić information content (AvgIpc) is 3.28. The van der Waals surface area contributed by atoms with Gasteiger partial charge in [-0.3, -0.25) is 4.79 Å². The van der Waals surface area contributed by atoms with Crippen LogP contribution in [0.5, 0.6) is 0 Å². The average molecular weight is 441 g/mol. The Balaban J connectivity index is 1.39. The smallest absolute Gasteiger partial charge is 0.251 e. The first kappa shape index (κ1) is 19.3. The fourth-order valence-corrected chi connectivity index (χ4v) is 4.87. The van der Waals surface area contributed by atoms with Crippen LogP contribution < -0.4 is 16.0 Å². The van der Waals surface area contributed by atoms with Gasteiger partial charge in [-0.25, -0.2) is 9.97 Å². The maximum absolute atomic E-state index is 12.7. The van der Waals surface area contributed by atoms with Crippen LogP contribution in [0.4, 0.5) is 11.1 Å². The van der Waals surface area contributed by atoms with E-state index in [1.165, 1.54) is 11.3 Å². The van der Waals surface area contributed by atoms with Gasteiger partial charge in [0, 0.05) is 23.7 Å². The van der Waals surface area contributed by atoms with Crippen LogP contribution in [0.15, 0.2) is 36.4 Å². The summed E-state index contributed by atoms with van der Waals surface area (Å²) < 4.78 is 2.98. The van der Waals surface area contributed by atoms with Crippen molar-refractivity contribution in [1.29, 1.82) is 0 Å². The maximum atomic E-state index is 12.7. The van der Waals surface area contributed by atoms with Crippen molar-refractivity contribution in [3.05, 3.63) is 47.0 Å². The first-order valence-corrected chi connectivity index (χ1v) is 11.1. The minimum absolute atomic E-state index is 0.0491. The van der Waals surface area contributed by atoms with Gasteiger partial charge in [-0.1, -0.05) is 22.9 Å². The fourth-order valence-electron chi connectivity index (χ4n) is 3.74. The number of fused-ring (bicyclic) bond motifs is 2. The van der Waals surface area contributed by atoms with Gasteiger partial charge in [0.1, 0.15) is 0 Å². The van der Waals surface area contributed by atoms with Gasteiger partial charge in [-0.15, -0.1) is 0 Å². The highest BCUT2D eigenvalue weighted by Gasteiger charge is 2.18. The van der Waals surface area contributed by atoms with Crippen molar-refractivity contribution in [2.24, 2.45) is 7.05 Å². The molecule has 0 bridgehead atoms. The largest absolute Gasteiger partial charge is 0.349 e. The van der Waals surface area contributed by atoms with Crippen LogP contribution in [-0.2, 0) is 7.05 Å². The number of amides is 1. The summed E-state index contributed by atoms with van der Waals surface area (Å²) in [6.45, 7) is 1.88. The van der Waals surface area contributed by atoms with E-state index in [2.05, 4.69) is 25.9 Å². The number of imidazole rings is 1. The van der Waals surface area contributed by atoms with Crippen LogP contribution in [0.1, 0.15) is 23.2 Å². The number of halogens is 1. The number of nitrogens with one attached hydrogen (secondary N) is 3. The number of thiazole rings is 1. The van der Waals surface area contributed by atoms with Gasteiger partial charge in [0.25, 0.3) is 5.91 Å². The van der Waals surface area contributed by atoms with Crippen molar-refractivity contribution in [1.82, 2.24) is 25.2 Å². The van der Waals surface area contributed by atoms with Gasteiger partial charge < -0.3 is 20.5 Å². The molecular weight excluding hydrogens is 420 g/mol. The van der Waals surface area contributed by atoms with Crippen molar-refractivity contribution < 1.29 is 4.79 Å². The quantitative estimate of drug-likeness (QED) is 0.445. The number of anilines is 2. The molecule has 3 heterocycles. The Labute approximate surface area is 182 Å². The number of piperidine rings is 1. The molecular formula is C21H21ClN6OS. The molecule has 0 unspecified atom stereocenters. The zero-order valence-electron chi connectivity index (χ0n) is 16.4. The summed E-state index contributed by atoms with van der Waals surface area (Å²) in [7, 11) is 1.94. The third kappa shape index (κ3) is 3.74. The van der Waals surface area contributed by atoms with Gasteiger partial charge >= 0.3 is 0 Å². The molecule has 5 rings (SSSR count). The molecule has 2 aromatic carbocycles. The molecule has 0 aliphatic carbocycles. The maximum Gasteiger partial charge on any atom is 0.251 e. The monoisotopic (exact) mass is 440 g/mol. The van der Waals surface area contributed by atoms with Gasteiger partial charge in [-0.2, -0.15) is 0 Å². The van der Waals surface area contributed by atoms with Crippen molar-refractivity contribution in [2.45, 2.75) is 18.9 Å². The van der Waals surface area contributed by atoms with Crippen LogP contribution >= 0.6 is 22.9 Å². The van der Waals surface area contributed by atoms with Crippen molar-refractivity contribution in [3.63, 3.8) is 0 Å². The van der Waals surface area contributed by atoms with Gasteiger partial charge in [0.05, 0.1) is 21.3 Å². The lowest BCUT2D eigenvalue weighted by Crippen LogP contribution is -2.42. The second-order valence-electron chi connectivity index (χ2n) is 7.45. The fraction of sp³-hybridized carbons (Fsp3) is 0.286. The number of rotatable bonds is 4. The SMILES string of the molecule is Cn1c(Nc2nc3ccc(Cl)cc3s2)nc2cc(C(=O)NC3CCNCC3)ccc21. The minimum atomic E-state index is -0.0491. The minimum Gasteiger partial charge on any atom is -0.349 e. The molecule has 0 atom stereocenters. The van der Waals surface area contributed by atoms with Crippen LogP contribution in [0.25, 0.3) is 21.3 Å². The molecule has 7 nitrogen and oxygen atoms in total. The number of aromatic nitrogens is 3. The highest BCUT2D eigenvalue weighted by molar-refractivity contribution is 7.22. The molecule has 0 saturated carbocycles. The molecule has 0 spiro atoms. The highest BCUT2D eigenvalue weighted by atomic mass is 35.5. The molecule has 30 heavy (non-hydrogen) atoms. The predicted molar refractivity (Wildman–Crippen MR) is 122 cm³/mol. The molecule has 1 aliphatic heterocycles. The first-order valence-electron chi connectivity index (χ1n) is 9.88. The standard InChI is InChI=1S/C21H21ClN6OS/c1-28-17-5-2-12(19(29)24-14-6-8-23-9-7-14)10-16(17)25-20(28)27-21-26-15-4-3-13(22)11-18(15)30-21/h2-5,10-11,14,23H,6-9H2,1H3,(H,24,29)(H,25,26,27). The first-order chi connectivity index (χ1) is 14.6. The second kappa shape index (κ2) is 7.86. The van der Waals surface area contributed by atoms with E-state index in [1.807, 2.05) is 48.0 Å². The summed E-state index contributed by atoms with van der Waals surface area (Å²) >= 11 is 7.60. The molecule has 1 amide bonds. The number of hydrogen-bond acceptors (Lipinski definition) is 6. The Morgan fingerprint density at radius 3 is 2.83 bits per heavy atom. The van der Waals surface area contributed by atoms with Gasteiger partial charge in [0.15, 0.2) is 5.13 Å². The summed E-state index contributed by atoms with van der Waals surface area (Å²) in [4.78, 5) is 22.0. The Kier molecular flexibility index (Phi) is 5.06. The number of benzene rings is 2. The Hall–Kier alpha value is -2.68. The second-order valence-corrected chi connectivity index (χ2v) is 8.92. The van der Waals surface area contributed by atoms with E-state index in [0.29, 0.717) is 16.5 Å². The van der Waals surface area contributed by atoms with Crippen molar-refractivity contribution >= 4 is 61.2 Å². The molecule has 1 fully saturated rings. The third-order valence-electron chi connectivity index (χ3n) is 5.39. The third-order valence-corrected chi connectivity index (χ3v) is 6.56. The van der Waals surface area contributed by atoms with E-state index < -0.39 is 0 Å². The molecule has 4 aromatic rings. The number of carbonyl (C=O) groups is 1. The lowest BCUT2D eigenvalue weighted by molar-refractivity contribution is 0.0929. The van der Waals surface area contributed by atoms with Crippen molar-refractivity contribution in [3.8, 4) is 0 Å². The Morgan fingerprint density at radius 2 is 2.00 bits per heavy atom. The van der Waals surface area contributed by atoms with Crippen LogP contribution in [0.3, 0.4) is 0 Å². The van der Waals surface area contributed by atoms with Crippen molar-refractivity contribution in [2.75, 3.05) is 18.4 Å². The van der Waals surface area contributed by atoms with E-state index in [4.69, 9.17) is 11.6 Å². The molecule has 1 saturated heterocycles. The van der Waals surface area contributed by atoms with E-state index in [9.17, 15) is 4.79 Å². The van der Waals surface area contributed by atoms with Crippen LogP contribution in [-0.4, -0.2) is 39.6 Å². The number of hydrogen-bond donors (Lipinski definition) is 3. The Bertz CT molecular complexity index is 1240. The van der Waals surface area contributed by atoms with Crippen LogP contribution in [0, 0.1) is 0 Å². The van der Waals surface area contributed by atoms with Crippen LogP contribution in [0.2, 0.25) is 5.02 Å². The molecule has 154 valence electrons. The van der Waals surface area contributed by atoms with E-state index in [0.717, 1.165) is 52.3 Å². The highest BCUT2D eigenvalue weighted by Crippen LogP contribution is 2.31. The summed E-state index contributed by atoms with van der Waals surface area (Å²) in [6, 6.07) is 11.5. The van der Waals surface area contributed by atoms with E-state index >= 15 is 0 Å². The normalized spacial score (nSPS) is 15.0.